The lowest BCUT2D eigenvalue weighted by Gasteiger charge is -2.19. The Morgan fingerprint density at radius 1 is 1.22 bits per heavy atom. The van der Waals surface area contributed by atoms with E-state index in [1.807, 2.05) is 45.5 Å². The minimum atomic E-state index is -4.38. The van der Waals surface area contributed by atoms with Gasteiger partial charge in [0.15, 0.2) is 0 Å². The third kappa shape index (κ3) is 4.03. The van der Waals surface area contributed by atoms with Gasteiger partial charge >= 0.3 is 6.18 Å². The third-order valence-corrected chi connectivity index (χ3v) is 3.54. The Morgan fingerprint density at radius 3 is 2.39 bits per heavy atom. The predicted molar refractivity (Wildman–Crippen MR) is 83.2 cm³/mol. The van der Waals surface area contributed by atoms with Gasteiger partial charge in [0.05, 0.1) is 22.8 Å². The van der Waals surface area contributed by atoms with Gasteiger partial charge in [0.1, 0.15) is 5.82 Å². The van der Waals surface area contributed by atoms with Gasteiger partial charge in [-0.15, -0.1) is 0 Å². The van der Waals surface area contributed by atoms with Gasteiger partial charge in [0.2, 0.25) is 0 Å². The van der Waals surface area contributed by atoms with E-state index >= 15 is 0 Å². The van der Waals surface area contributed by atoms with Crippen molar-refractivity contribution in [1.29, 1.82) is 0 Å². The van der Waals surface area contributed by atoms with Crippen molar-refractivity contribution in [2.75, 3.05) is 5.32 Å². The summed E-state index contributed by atoms with van der Waals surface area (Å²) in [7, 11) is 0. The summed E-state index contributed by atoms with van der Waals surface area (Å²) in [4.78, 5) is 3.97. The molecule has 1 unspecified atom stereocenters. The van der Waals surface area contributed by atoms with Crippen LogP contribution in [0.25, 0.3) is 0 Å². The van der Waals surface area contributed by atoms with Crippen LogP contribution in [0, 0.1) is 6.92 Å². The normalized spacial score (nSPS) is 13.9. The largest absolute Gasteiger partial charge is 0.416 e. The Morgan fingerprint density at radius 2 is 1.87 bits per heavy atom. The molecule has 0 amide bonds. The van der Waals surface area contributed by atoms with E-state index in [0.29, 0.717) is 0 Å². The SMILES string of the molecule is Cc1nn(C(C)(C)C)cc1C(C)Nc1cc(C(F)(F)F)ccn1. The zero-order valence-corrected chi connectivity index (χ0v) is 13.9. The molecule has 0 bridgehead atoms. The molecule has 7 heteroatoms. The number of aryl methyl sites for hydroxylation is 1. The fourth-order valence-electron chi connectivity index (χ4n) is 2.23. The highest BCUT2D eigenvalue weighted by Gasteiger charge is 2.31. The molecule has 2 aromatic rings. The van der Waals surface area contributed by atoms with Crippen molar-refractivity contribution in [2.24, 2.45) is 0 Å². The molecule has 0 fully saturated rings. The summed E-state index contributed by atoms with van der Waals surface area (Å²) >= 11 is 0. The second-order valence-electron chi connectivity index (χ2n) is 6.58. The van der Waals surface area contributed by atoms with Gasteiger partial charge in [-0.25, -0.2) is 4.98 Å². The van der Waals surface area contributed by atoms with Crippen LogP contribution in [0.4, 0.5) is 19.0 Å². The quantitative estimate of drug-likeness (QED) is 0.901. The molecule has 4 nitrogen and oxygen atoms in total. The van der Waals surface area contributed by atoms with E-state index in [9.17, 15) is 13.2 Å². The summed E-state index contributed by atoms with van der Waals surface area (Å²) in [5.41, 5.74) is 0.896. The first-order valence-corrected chi connectivity index (χ1v) is 7.35. The lowest BCUT2D eigenvalue weighted by molar-refractivity contribution is -0.137. The van der Waals surface area contributed by atoms with Crippen molar-refractivity contribution in [2.45, 2.75) is 52.4 Å². The molecule has 2 heterocycles. The lowest BCUT2D eigenvalue weighted by atomic mass is 10.1. The van der Waals surface area contributed by atoms with Crippen LogP contribution in [-0.4, -0.2) is 14.8 Å². The van der Waals surface area contributed by atoms with Gasteiger partial charge in [-0.1, -0.05) is 0 Å². The second-order valence-corrected chi connectivity index (χ2v) is 6.58. The molecule has 0 aliphatic heterocycles. The Balaban J connectivity index is 2.23. The monoisotopic (exact) mass is 326 g/mol. The van der Waals surface area contributed by atoms with Crippen LogP contribution in [-0.2, 0) is 11.7 Å². The lowest BCUT2D eigenvalue weighted by Crippen LogP contribution is -2.22. The number of alkyl halides is 3. The molecular weight excluding hydrogens is 305 g/mol. The molecular formula is C16H21F3N4. The topological polar surface area (TPSA) is 42.7 Å². The number of pyridine rings is 1. The Bertz CT molecular complexity index is 683. The average Bonchev–Trinajstić information content (AvgIpc) is 2.80. The number of rotatable bonds is 3. The summed E-state index contributed by atoms with van der Waals surface area (Å²) in [6.45, 7) is 9.87. The third-order valence-electron chi connectivity index (χ3n) is 3.54. The maximum absolute atomic E-state index is 12.8. The van der Waals surface area contributed by atoms with Gasteiger partial charge < -0.3 is 5.32 Å². The van der Waals surface area contributed by atoms with Crippen LogP contribution in [0.5, 0.6) is 0 Å². The highest BCUT2D eigenvalue weighted by molar-refractivity contribution is 5.41. The number of hydrogen-bond acceptors (Lipinski definition) is 3. The fraction of sp³-hybridized carbons (Fsp3) is 0.500. The van der Waals surface area contributed by atoms with Crippen LogP contribution in [0.1, 0.15) is 50.6 Å². The minimum Gasteiger partial charge on any atom is -0.363 e. The molecule has 0 radical (unpaired) electrons. The molecule has 0 aliphatic rings. The number of anilines is 1. The summed E-state index contributed by atoms with van der Waals surface area (Å²) in [5, 5.41) is 7.49. The van der Waals surface area contributed by atoms with Crippen molar-refractivity contribution in [1.82, 2.24) is 14.8 Å². The van der Waals surface area contributed by atoms with E-state index < -0.39 is 11.7 Å². The smallest absolute Gasteiger partial charge is 0.363 e. The Kier molecular flexibility index (Phi) is 4.41. The van der Waals surface area contributed by atoms with Gasteiger partial charge in [-0.2, -0.15) is 18.3 Å². The van der Waals surface area contributed by atoms with Crippen LogP contribution in [0.2, 0.25) is 0 Å². The van der Waals surface area contributed by atoms with E-state index in [4.69, 9.17) is 0 Å². The number of hydrogen-bond donors (Lipinski definition) is 1. The zero-order chi connectivity index (χ0) is 17.4. The molecule has 0 spiro atoms. The maximum Gasteiger partial charge on any atom is 0.416 e. The van der Waals surface area contributed by atoms with E-state index in [0.717, 1.165) is 29.6 Å². The molecule has 0 aromatic carbocycles. The van der Waals surface area contributed by atoms with Crippen LogP contribution < -0.4 is 5.32 Å². The number of halogens is 3. The Hall–Kier alpha value is -2.05. The molecule has 1 N–H and O–H groups in total. The van der Waals surface area contributed by atoms with Crippen molar-refractivity contribution >= 4 is 5.82 Å². The second kappa shape index (κ2) is 5.86. The van der Waals surface area contributed by atoms with Crippen molar-refractivity contribution in [3.8, 4) is 0 Å². The van der Waals surface area contributed by atoms with E-state index in [1.165, 1.54) is 0 Å². The van der Waals surface area contributed by atoms with Crippen LogP contribution in [0.15, 0.2) is 24.5 Å². The molecule has 2 aromatic heterocycles. The molecule has 0 saturated carbocycles. The molecule has 1 atom stereocenters. The molecule has 23 heavy (non-hydrogen) atoms. The van der Waals surface area contributed by atoms with Crippen molar-refractivity contribution in [3.63, 3.8) is 0 Å². The molecule has 0 aliphatic carbocycles. The highest BCUT2D eigenvalue weighted by Crippen LogP contribution is 2.31. The van der Waals surface area contributed by atoms with Gasteiger partial charge in [0, 0.05) is 18.0 Å². The molecule has 126 valence electrons. The van der Waals surface area contributed by atoms with E-state index in [-0.39, 0.29) is 17.4 Å². The first kappa shape index (κ1) is 17.3. The predicted octanol–water partition coefficient (Wildman–Crippen LogP) is 4.53. The number of nitrogens with one attached hydrogen (secondary N) is 1. The standard InChI is InChI=1S/C16H21F3N4/c1-10(13-9-23(15(3,4)5)22-11(13)2)21-14-8-12(6-7-20-14)16(17,18)19/h6-10H,1-5H3,(H,20,21). The number of aromatic nitrogens is 3. The van der Waals surface area contributed by atoms with E-state index in [1.54, 1.807) is 0 Å². The number of nitrogens with zero attached hydrogens (tertiary/aromatic N) is 3. The average molecular weight is 326 g/mol. The summed E-state index contributed by atoms with van der Waals surface area (Å²) in [5.74, 6) is 0.190. The molecule has 2 rings (SSSR count). The van der Waals surface area contributed by atoms with Gasteiger partial charge in [-0.3, -0.25) is 4.68 Å². The first-order valence-electron chi connectivity index (χ1n) is 7.35. The summed E-state index contributed by atoms with van der Waals surface area (Å²) in [6.07, 6.45) is -1.31. The first-order chi connectivity index (χ1) is 10.5. The van der Waals surface area contributed by atoms with Crippen molar-refractivity contribution in [3.05, 3.63) is 41.3 Å². The van der Waals surface area contributed by atoms with Gasteiger partial charge in [-0.05, 0) is 46.8 Å². The molecule has 0 saturated heterocycles. The van der Waals surface area contributed by atoms with Crippen LogP contribution >= 0.6 is 0 Å². The van der Waals surface area contributed by atoms with E-state index in [2.05, 4.69) is 15.4 Å². The summed E-state index contributed by atoms with van der Waals surface area (Å²) < 4.78 is 40.1. The zero-order valence-electron chi connectivity index (χ0n) is 13.9. The van der Waals surface area contributed by atoms with Gasteiger partial charge in [0.25, 0.3) is 0 Å². The Labute approximate surface area is 133 Å². The maximum atomic E-state index is 12.8. The van der Waals surface area contributed by atoms with Crippen molar-refractivity contribution < 1.29 is 13.2 Å². The highest BCUT2D eigenvalue weighted by atomic mass is 19.4. The summed E-state index contributed by atoms with van der Waals surface area (Å²) in [6, 6.07) is 1.76. The minimum absolute atomic E-state index is 0.156. The van der Waals surface area contributed by atoms with Crippen LogP contribution in [0.3, 0.4) is 0 Å². The fourth-order valence-corrected chi connectivity index (χ4v) is 2.23.